The van der Waals surface area contributed by atoms with Crippen LogP contribution < -0.4 is 5.32 Å². The summed E-state index contributed by atoms with van der Waals surface area (Å²) < 4.78 is 1.27. The third kappa shape index (κ3) is 3.27. The van der Waals surface area contributed by atoms with Gasteiger partial charge in [-0.05, 0) is 55.4 Å². The van der Waals surface area contributed by atoms with Gasteiger partial charge in [-0.1, -0.05) is 28.1 Å². The molecule has 0 bridgehead atoms. The van der Waals surface area contributed by atoms with E-state index in [-0.39, 0.29) is 0 Å². The van der Waals surface area contributed by atoms with E-state index in [4.69, 9.17) is 0 Å². The van der Waals surface area contributed by atoms with Crippen LogP contribution in [0.4, 0.5) is 0 Å². The van der Waals surface area contributed by atoms with E-state index in [1.807, 2.05) is 11.8 Å². The minimum atomic E-state index is 0.555. The predicted octanol–water partition coefficient (Wildman–Crippen LogP) is 4.17. The van der Waals surface area contributed by atoms with E-state index >= 15 is 0 Å². The SMILES string of the molecule is CSCCC(C)NC1CCc2c(Br)cccc21. The highest BCUT2D eigenvalue weighted by Crippen LogP contribution is 2.35. The van der Waals surface area contributed by atoms with Crippen LogP contribution >= 0.6 is 27.7 Å². The first-order valence-corrected chi connectivity index (χ1v) is 8.43. The summed E-state index contributed by atoms with van der Waals surface area (Å²) in [5, 5.41) is 3.76. The van der Waals surface area contributed by atoms with Crippen molar-refractivity contribution in [3.63, 3.8) is 0 Å². The van der Waals surface area contributed by atoms with Crippen LogP contribution in [0.2, 0.25) is 0 Å². The molecular weight excluding hydrogens is 294 g/mol. The van der Waals surface area contributed by atoms with E-state index in [0.29, 0.717) is 12.1 Å². The van der Waals surface area contributed by atoms with Gasteiger partial charge in [0.1, 0.15) is 0 Å². The predicted molar refractivity (Wildman–Crippen MR) is 80.8 cm³/mol. The van der Waals surface area contributed by atoms with Gasteiger partial charge in [-0.15, -0.1) is 0 Å². The van der Waals surface area contributed by atoms with Gasteiger partial charge in [0.15, 0.2) is 0 Å². The summed E-state index contributed by atoms with van der Waals surface area (Å²) in [7, 11) is 0. The Morgan fingerprint density at radius 1 is 1.53 bits per heavy atom. The first kappa shape index (κ1) is 13.4. The zero-order chi connectivity index (χ0) is 12.3. The Morgan fingerprint density at radius 3 is 3.12 bits per heavy atom. The van der Waals surface area contributed by atoms with Gasteiger partial charge in [-0.3, -0.25) is 0 Å². The minimum absolute atomic E-state index is 0.555. The summed E-state index contributed by atoms with van der Waals surface area (Å²) in [4.78, 5) is 0. The Labute approximate surface area is 117 Å². The van der Waals surface area contributed by atoms with Crippen molar-refractivity contribution in [2.45, 2.75) is 38.3 Å². The summed E-state index contributed by atoms with van der Waals surface area (Å²) in [6.07, 6.45) is 5.86. The molecule has 17 heavy (non-hydrogen) atoms. The Morgan fingerprint density at radius 2 is 2.35 bits per heavy atom. The topological polar surface area (TPSA) is 12.0 Å². The van der Waals surface area contributed by atoms with Crippen molar-refractivity contribution in [3.8, 4) is 0 Å². The average molecular weight is 314 g/mol. The van der Waals surface area contributed by atoms with Crippen molar-refractivity contribution in [3.05, 3.63) is 33.8 Å². The molecule has 1 nitrogen and oxygen atoms in total. The van der Waals surface area contributed by atoms with Crippen LogP contribution in [0.25, 0.3) is 0 Å². The van der Waals surface area contributed by atoms with Crippen molar-refractivity contribution in [2.24, 2.45) is 0 Å². The van der Waals surface area contributed by atoms with Crippen LogP contribution in [0.1, 0.15) is 36.9 Å². The van der Waals surface area contributed by atoms with Gasteiger partial charge < -0.3 is 5.32 Å². The molecule has 0 spiro atoms. The first-order chi connectivity index (χ1) is 8.22. The third-order valence-electron chi connectivity index (χ3n) is 3.45. The lowest BCUT2D eigenvalue weighted by molar-refractivity contribution is 0.446. The fourth-order valence-corrected chi connectivity index (χ4v) is 3.67. The van der Waals surface area contributed by atoms with Crippen LogP contribution in [-0.2, 0) is 6.42 Å². The monoisotopic (exact) mass is 313 g/mol. The van der Waals surface area contributed by atoms with Gasteiger partial charge in [0.25, 0.3) is 0 Å². The lowest BCUT2D eigenvalue weighted by Crippen LogP contribution is -2.29. The minimum Gasteiger partial charge on any atom is -0.307 e. The molecule has 1 aromatic rings. The molecule has 0 heterocycles. The normalized spacial score (nSPS) is 20.3. The van der Waals surface area contributed by atoms with Gasteiger partial charge in [0.2, 0.25) is 0 Å². The van der Waals surface area contributed by atoms with E-state index in [9.17, 15) is 0 Å². The molecule has 2 unspecified atom stereocenters. The molecule has 0 saturated carbocycles. The number of fused-ring (bicyclic) bond motifs is 1. The maximum Gasteiger partial charge on any atom is 0.0328 e. The standard InChI is InChI=1S/C14H20BrNS/c1-10(8-9-17-2)16-14-7-6-11-12(14)4-3-5-13(11)15/h3-5,10,14,16H,6-9H2,1-2H3. The van der Waals surface area contributed by atoms with Crippen molar-refractivity contribution in [2.75, 3.05) is 12.0 Å². The maximum absolute atomic E-state index is 3.76. The maximum atomic E-state index is 3.76. The smallest absolute Gasteiger partial charge is 0.0328 e. The molecule has 0 radical (unpaired) electrons. The van der Waals surface area contributed by atoms with Crippen LogP contribution in [-0.4, -0.2) is 18.1 Å². The summed E-state index contributed by atoms with van der Waals surface area (Å²) in [5.41, 5.74) is 3.00. The summed E-state index contributed by atoms with van der Waals surface area (Å²) >= 11 is 5.58. The van der Waals surface area contributed by atoms with E-state index in [2.05, 4.69) is 52.6 Å². The second kappa shape index (κ2) is 6.26. The number of nitrogens with one attached hydrogen (secondary N) is 1. The molecule has 1 aromatic carbocycles. The molecular formula is C14H20BrNS. The van der Waals surface area contributed by atoms with Gasteiger partial charge in [0.05, 0.1) is 0 Å². The first-order valence-electron chi connectivity index (χ1n) is 6.24. The highest BCUT2D eigenvalue weighted by molar-refractivity contribution is 9.10. The molecule has 94 valence electrons. The number of hydrogen-bond donors (Lipinski definition) is 1. The Kier molecular flexibility index (Phi) is 4.95. The lowest BCUT2D eigenvalue weighted by Gasteiger charge is -2.20. The number of benzene rings is 1. The fraction of sp³-hybridized carbons (Fsp3) is 0.571. The molecule has 1 aliphatic rings. The number of hydrogen-bond acceptors (Lipinski definition) is 2. The third-order valence-corrected chi connectivity index (χ3v) is 4.84. The number of rotatable bonds is 5. The molecule has 1 aliphatic carbocycles. The molecule has 0 amide bonds. The molecule has 2 rings (SSSR count). The van der Waals surface area contributed by atoms with E-state index in [1.54, 1.807) is 0 Å². The lowest BCUT2D eigenvalue weighted by atomic mass is 10.1. The summed E-state index contributed by atoms with van der Waals surface area (Å²) in [5.74, 6) is 1.24. The van der Waals surface area contributed by atoms with Gasteiger partial charge in [-0.2, -0.15) is 11.8 Å². The molecule has 0 aliphatic heterocycles. The Bertz CT molecular complexity index is 380. The molecule has 3 heteroatoms. The second-order valence-corrected chi connectivity index (χ2v) is 6.59. The van der Waals surface area contributed by atoms with E-state index in [0.717, 1.165) is 0 Å². The molecule has 0 saturated heterocycles. The Balaban J connectivity index is 2.00. The summed E-state index contributed by atoms with van der Waals surface area (Å²) in [6.45, 7) is 2.30. The quantitative estimate of drug-likeness (QED) is 0.875. The molecule has 0 aromatic heterocycles. The zero-order valence-electron chi connectivity index (χ0n) is 10.5. The largest absolute Gasteiger partial charge is 0.307 e. The zero-order valence-corrected chi connectivity index (χ0v) is 12.9. The van der Waals surface area contributed by atoms with Crippen LogP contribution in [0.15, 0.2) is 22.7 Å². The van der Waals surface area contributed by atoms with Crippen molar-refractivity contribution in [1.82, 2.24) is 5.32 Å². The van der Waals surface area contributed by atoms with Crippen molar-refractivity contribution >= 4 is 27.7 Å². The van der Waals surface area contributed by atoms with Crippen LogP contribution in [0.3, 0.4) is 0 Å². The van der Waals surface area contributed by atoms with Crippen molar-refractivity contribution < 1.29 is 0 Å². The molecule has 1 N–H and O–H groups in total. The highest BCUT2D eigenvalue weighted by atomic mass is 79.9. The van der Waals surface area contributed by atoms with Gasteiger partial charge in [0, 0.05) is 16.6 Å². The molecule has 2 atom stereocenters. The van der Waals surface area contributed by atoms with Crippen LogP contribution in [0.5, 0.6) is 0 Å². The second-order valence-electron chi connectivity index (χ2n) is 4.75. The molecule has 0 fully saturated rings. The highest BCUT2D eigenvalue weighted by Gasteiger charge is 2.24. The Hall–Kier alpha value is 0.0100. The number of halogens is 1. The van der Waals surface area contributed by atoms with E-state index < -0.39 is 0 Å². The van der Waals surface area contributed by atoms with E-state index in [1.165, 1.54) is 40.6 Å². The van der Waals surface area contributed by atoms with Crippen LogP contribution in [0, 0.1) is 0 Å². The fourth-order valence-electron chi connectivity index (χ4n) is 2.50. The summed E-state index contributed by atoms with van der Waals surface area (Å²) in [6, 6.07) is 7.73. The number of thioether (sulfide) groups is 1. The average Bonchev–Trinajstić information content (AvgIpc) is 2.71. The van der Waals surface area contributed by atoms with Crippen molar-refractivity contribution in [1.29, 1.82) is 0 Å². The van der Waals surface area contributed by atoms with Gasteiger partial charge >= 0.3 is 0 Å². The van der Waals surface area contributed by atoms with Gasteiger partial charge in [-0.25, -0.2) is 0 Å².